The Kier molecular flexibility index (Phi) is 6.19. The van der Waals surface area contributed by atoms with Crippen molar-refractivity contribution in [3.63, 3.8) is 0 Å². The molecule has 154 valence electrons. The van der Waals surface area contributed by atoms with Gasteiger partial charge in [0.05, 0.1) is 36.6 Å². The number of carbonyl (C=O) groups excluding carboxylic acids is 2. The Labute approximate surface area is 170 Å². The minimum Gasteiger partial charge on any atom is -0.493 e. The van der Waals surface area contributed by atoms with Crippen molar-refractivity contribution in [2.24, 2.45) is 0 Å². The van der Waals surface area contributed by atoms with Gasteiger partial charge >= 0.3 is 0 Å². The van der Waals surface area contributed by atoms with Crippen molar-refractivity contribution < 1.29 is 27.8 Å². The minimum atomic E-state index is -2.08. The molecule has 0 bridgehead atoms. The molecule has 1 heterocycles. The summed E-state index contributed by atoms with van der Waals surface area (Å²) in [6.45, 7) is 2.22. The predicted molar refractivity (Wildman–Crippen MR) is 109 cm³/mol. The predicted octanol–water partition coefficient (Wildman–Crippen LogP) is 2.63. The van der Waals surface area contributed by atoms with E-state index in [0.717, 1.165) is 4.90 Å². The molecule has 0 fully saturated rings. The maximum absolute atomic E-state index is 13.1. The van der Waals surface area contributed by atoms with Crippen molar-refractivity contribution in [2.45, 2.75) is 19.4 Å². The van der Waals surface area contributed by atoms with Crippen LogP contribution >= 0.6 is 0 Å². The van der Waals surface area contributed by atoms with Crippen LogP contribution in [0, 0.1) is 0 Å². The number of nitrogens with zero attached hydrogens (tertiary/aromatic N) is 1. The van der Waals surface area contributed by atoms with Crippen molar-refractivity contribution in [2.75, 3.05) is 25.2 Å². The molecule has 8 nitrogen and oxygen atoms in total. The van der Waals surface area contributed by atoms with Gasteiger partial charge in [0.15, 0.2) is 22.6 Å². The molecule has 0 aromatic heterocycles. The first kappa shape index (κ1) is 20.8. The number of ether oxygens (including phenoxy) is 2. The number of nitrogens with two attached hydrogens (primary N) is 1. The highest BCUT2D eigenvalue weighted by Crippen LogP contribution is 2.38. The number of imide groups is 1. The van der Waals surface area contributed by atoms with E-state index in [1.807, 2.05) is 6.92 Å². The van der Waals surface area contributed by atoms with Gasteiger partial charge in [0.2, 0.25) is 0 Å². The van der Waals surface area contributed by atoms with Gasteiger partial charge in [0.1, 0.15) is 0 Å². The molecule has 1 aliphatic heterocycles. The Morgan fingerprint density at radius 2 is 1.93 bits per heavy atom. The third-order valence-corrected chi connectivity index (χ3v) is 5.31. The van der Waals surface area contributed by atoms with Gasteiger partial charge in [-0.2, -0.15) is 0 Å². The molecule has 2 aromatic carbocycles. The first-order chi connectivity index (χ1) is 13.9. The molecule has 0 saturated carbocycles. The third-order valence-electron chi connectivity index (χ3n) is 4.73. The number of nitrogen functional groups attached to an aromatic ring is 1. The summed E-state index contributed by atoms with van der Waals surface area (Å²) in [5.41, 5.74) is 7.12. The summed E-state index contributed by atoms with van der Waals surface area (Å²) >= 11 is -2.08. The maximum atomic E-state index is 13.1. The Morgan fingerprint density at radius 1 is 1.17 bits per heavy atom. The van der Waals surface area contributed by atoms with E-state index in [1.54, 1.807) is 36.4 Å². The number of anilines is 1. The van der Waals surface area contributed by atoms with Crippen LogP contribution < -0.4 is 15.2 Å². The van der Waals surface area contributed by atoms with Gasteiger partial charge in [-0.1, -0.05) is 12.1 Å². The Hall–Kier alpha value is -2.91. The van der Waals surface area contributed by atoms with Crippen molar-refractivity contribution in [1.82, 2.24) is 4.90 Å². The van der Waals surface area contributed by atoms with Gasteiger partial charge in [0.25, 0.3) is 11.8 Å². The van der Waals surface area contributed by atoms with Crippen LogP contribution in [0.4, 0.5) is 5.69 Å². The summed E-state index contributed by atoms with van der Waals surface area (Å²) in [5.74, 6) is -0.153. The van der Waals surface area contributed by atoms with Crippen molar-refractivity contribution >= 4 is 28.6 Å². The molecule has 2 amide bonds. The van der Waals surface area contributed by atoms with Gasteiger partial charge < -0.3 is 19.8 Å². The number of carbonyl (C=O) groups is 2. The molecular formula is C20H22N2O6S. The molecule has 1 unspecified atom stereocenters. The van der Waals surface area contributed by atoms with Crippen LogP contribution in [0.5, 0.6) is 11.5 Å². The van der Waals surface area contributed by atoms with E-state index in [2.05, 4.69) is 0 Å². The summed E-state index contributed by atoms with van der Waals surface area (Å²) in [6.07, 6.45) is 0.104. The van der Waals surface area contributed by atoms with E-state index >= 15 is 0 Å². The number of rotatable bonds is 8. The fourth-order valence-corrected chi connectivity index (χ4v) is 3.86. The topological polar surface area (TPSA) is 119 Å². The lowest BCUT2D eigenvalue weighted by Gasteiger charge is -2.27. The van der Waals surface area contributed by atoms with E-state index < -0.39 is 28.9 Å². The standard InChI is InChI=1S/C20H22N2O6S/c1-3-28-17-11-12(7-8-16(17)27-2)15(9-10-29(25)26)22-19(23)13-5-4-6-14(21)18(13)20(22)24/h4-8,11,15H,3,9-10,21H2,1-2H3,(H,25,26)/t15-/m0/s1. The number of methoxy groups -OCH3 is 1. The summed E-state index contributed by atoms with van der Waals surface area (Å²) in [7, 11) is 1.51. The normalized spacial score (nSPS) is 15.2. The highest BCUT2D eigenvalue weighted by Gasteiger charge is 2.41. The van der Waals surface area contributed by atoms with Crippen LogP contribution in [0.2, 0.25) is 0 Å². The van der Waals surface area contributed by atoms with Crippen LogP contribution in [-0.4, -0.2) is 44.9 Å². The van der Waals surface area contributed by atoms with E-state index in [4.69, 9.17) is 15.2 Å². The van der Waals surface area contributed by atoms with E-state index in [-0.39, 0.29) is 29.0 Å². The molecule has 2 aromatic rings. The minimum absolute atomic E-state index is 0.104. The highest BCUT2D eigenvalue weighted by atomic mass is 32.2. The monoisotopic (exact) mass is 418 g/mol. The molecule has 9 heteroatoms. The second-order valence-corrected chi connectivity index (χ2v) is 7.47. The molecule has 0 aliphatic carbocycles. The van der Waals surface area contributed by atoms with Crippen LogP contribution in [0.15, 0.2) is 36.4 Å². The zero-order chi connectivity index (χ0) is 21.1. The number of hydrogen-bond donors (Lipinski definition) is 2. The second-order valence-electron chi connectivity index (χ2n) is 6.42. The van der Waals surface area contributed by atoms with E-state index in [9.17, 15) is 18.4 Å². The average Bonchev–Trinajstić information content (AvgIpc) is 2.94. The molecule has 0 radical (unpaired) electrons. The van der Waals surface area contributed by atoms with Crippen molar-refractivity contribution in [3.8, 4) is 11.5 Å². The molecule has 3 rings (SSSR count). The number of amides is 2. The van der Waals surface area contributed by atoms with Gasteiger partial charge in [-0.05, 0) is 43.2 Å². The Bertz CT molecular complexity index is 977. The first-order valence-corrected chi connectivity index (χ1v) is 10.3. The maximum Gasteiger partial charge on any atom is 0.264 e. The number of benzene rings is 2. The summed E-state index contributed by atoms with van der Waals surface area (Å²) < 4.78 is 31.5. The SMILES string of the molecule is CCOc1cc([C@H](CCS(=O)O)N2C(=O)c3cccc(N)c3C2=O)ccc1OC. The fraction of sp³-hybridized carbons (Fsp3) is 0.300. The molecule has 0 saturated heterocycles. The number of hydrogen-bond acceptors (Lipinski definition) is 6. The molecule has 1 aliphatic rings. The zero-order valence-corrected chi connectivity index (χ0v) is 16.9. The lowest BCUT2D eigenvalue weighted by molar-refractivity contribution is 0.0578. The smallest absolute Gasteiger partial charge is 0.264 e. The van der Waals surface area contributed by atoms with E-state index in [1.165, 1.54) is 7.11 Å². The molecule has 2 atom stereocenters. The molecule has 3 N–H and O–H groups in total. The van der Waals surface area contributed by atoms with Crippen LogP contribution in [0.25, 0.3) is 0 Å². The van der Waals surface area contributed by atoms with Gasteiger partial charge in [0, 0.05) is 5.69 Å². The summed E-state index contributed by atoms with van der Waals surface area (Å²) in [6, 6.07) is 9.03. The highest BCUT2D eigenvalue weighted by molar-refractivity contribution is 7.79. The van der Waals surface area contributed by atoms with Crippen LogP contribution in [0.3, 0.4) is 0 Å². The molecular weight excluding hydrogens is 396 g/mol. The van der Waals surface area contributed by atoms with Crippen LogP contribution in [0.1, 0.15) is 45.7 Å². The largest absolute Gasteiger partial charge is 0.493 e. The van der Waals surface area contributed by atoms with Crippen molar-refractivity contribution in [3.05, 3.63) is 53.1 Å². The van der Waals surface area contributed by atoms with Gasteiger partial charge in [-0.3, -0.25) is 14.5 Å². The lowest BCUT2D eigenvalue weighted by atomic mass is 10.0. The zero-order valence-electron chi connectivity index (χ0n) is 16.1. The third kappa shape index (κ3) is 3.96. The Balaban J connectivity index is 2.06. The lowest BCUT2D eigenvalue weighted by Crippen LogP contribution is -2.35. The van der Waals surface area contributed by atoms with Gasteiger partial charge in [-0.25, -0.2) is 4.21 Å². The number of fused-ring (bicyclic) bond motifs is 1. The average molecular weight is 418 g/mol. The molecule has 29 heavy (non-hydrogen) atoms. The Morgan fingerprint density at radius 3 is 2.55 bits per heavy atom. The molecule has 0 spiro atoms. The first-order valence-electron chi connectivity index (χ1n) is 9.03. The van der Waals surface area contributed by atoms with Crippen molar-refractivity contribution in [1.29, 1.82) is 0 Å². The van der Waals surface area contributed by atoms with E-state index in [0.29, 0.717) is 23.7 Å². The fourth-order valence-electron chi connectivity index (χ4n) is 3.44. The summed E-state index contributed by atoms with van der Waals surface area (Å²) in [4.78, 5) is 27.2. The summed E-state index contributed by atoms with van der Waals surface area (Å²) in [5, 5.41) is 0. The second kappa shape index (κ2) is 8.62. The van der Waals surface area contributed by atoms with Gasteiger partial charge in [-0.15, -0.1) is 0 Å². The quantitative estimate of drug-likeness (QED) is 0.384. The van der Waals surface area contributed by atoms with Crippen LogP contribution in [-0.2, 0) is 11.1 Å².